The van der Waals surface area contributed by atoms with Crippen LogP contribution in [0.5, 0.6) is 0 Å². The summed E-state index contributed by atoms with van der Waals surface area (Å²) in [5.74, 6) is 0.427. The Morgan fingerprint density at radius 1 is 1.58 bits per heavy atom. The van der Waals surface area contributed by atoms with E-state index in [1.54, 1.807) is 0 Å². The second kappa shape index (κ2) is 4.80. The van der Waals surface area contributed by atoms with Crippen molar-refractivity contribution in [2.45, 2.75) is 25.9 Å². The van der Waals surface area contributed by atoms with Gasteiger partial charge in [-0.3, -0.25) is 0 Å². The van der Waals surface area contributed by atoms with Crippen LogP contribution in [-0.4, -0.2) is 42.3 Å². The first kappa shape index (κ1) is 9.96. The molecule has 0 radical (unpaired) electrons. The number of hydrogen-bond acceptors (Lipinski definition) is 3. The summed E-state index contributed by atoms with van der Waals surface area (Å²) in [6, 6.07) is 0. The molecule has 3 heteroatoms. The zero-order valence-electron chi connectivity index (χ0n) is 7.87. The summed E-state index contributed by atoms with van der Waals surface area (Å²) in [6.07, 6.45) is 1.91. The average molecular weight is 172 g/mol. The van der Waals surface area contributed by atoms with Gasteiger partial charge >= 0.3 is 0 Å². The molecule has 0 aromatic carbocycles. The zero-order valence-corrected chi connectivity index (χ0v) is 7.87. The molecular weight excluding hydrogens is 152 g/mol. The van der Waals surface area contributed by atoms with E-state index in [0.717, 1.165) is 39.0 Å². The van der Waals surface area contributed by atoms with Crippen LogP contribution in [0.4, 0.5) is 0 Å². The van der Waals surface area contributed by atoms with Gasteiger partial charge in [-0.25, -0.2) is 0 Å². The SMILES string of the molecule is C[C@@H]1CN(CCCN)CC[C@H]1O. The Balaban J connectivity index is 2.21. The van der Waals surface area contributed by atoms with Crippen molar-refractivity contribution >= 4 is 0 Å². The lowest BCUT2D eigenvalue weighted by Gasteiger charge is -2.34. The van der Waals surface area contributed by atoms with Crippen molar-refractivity contribution in [2.75, 3.05) is 26.2 Å². The van der Waals surface area contributed by atoms with Gasteiger partial charge in [0.2, 0.25) is 0 Å². The summed E-state index contributed by atoms with van der Waals surface area (Å²) in [5.41, 5.74) is 5.43. The average Bonchev–Trinajstić information content (AvgIpc) is 2.07. The monoisotopic (exact) mass is 172 g/mol. The van der Waals surface area contributed by atoms with Crippen LogP contribution in [0.1, 0.15) is 19.8 Å². The van der Waals surface area contributed by atoms with Crippen LogP contribution in [0.25, 0.3) is 0 Å². The van der Waals surface area contributed by atoms with E-state index in [1.165, 1.54) is 0 Å². The standard InChI is InChI=1S/C9H20N2O/c1-8-7-11(5-2-4-10)6-3-9(8)12/h8-9,12H,2-7,10H2,1H3/t8-,9-/m1/s1. The van der Waals surface area contributed by atoms with Crippen LogP contribution in [-0.2, 0) is 0 Å². The van der Waals surface area contributed by atoms with Crippen molar-refractivity contribution < 1.29 is 5.11 Å². The number of nitrogens with two attached hydrogens (primary N) is 1. The number of hydrogen-bond donors (Lipinski definition) is 2. The largest absolute Gasteiger partial charge is 0.393 e. The summed E-state index contributed by atoms with van der Waals surface area (Å²) in [7, 11) is 0. The number of likely N-dealkylation sites (tertiary alicyclic amines) is 1. The van der Waals surface area contributed by atoms with Crippen LogP contribution in [0.2, 0.25) is 0 Å². The highest BCUT2D eigenvalue weighted by molar-refractivity contribution is 4.76. The molecule has 0 aromatic rings. The van der Waals surface area contributed by atoms with Crippen molar-refractivity contribution in [1.29, 1.82) is 0 Å². The number of rotatable bonds is 3. The Morgan fingerprint density at radius 3 is 2.92 bits per heavy atom. The molecule has 72 valence electrons. The number of aliphatic hydroxyl groups is 1. The predicted octanol–water partition coefficient (Wildman–Crippen LogP) is 0.0379. The zero-order chi connectivity index (χ0) is 8.97. The summed E-state index contributed by atoms with van der Waals surface area (Å²) >= 11 is 0. The molecule has 1 fully saturated rings. The molecule has 1 aliphatic rings. The molecule has 0 aromatic heterocycles. The number of nitrogens with zero attached hydrogens (tertiary/aromatic N) is 1. The Hall–Kier alpha value is -0.120. The summed E-state index contributed by atoms with van der Waals surface area (Å²) in [4.78, 5) is 2.39. The molecule has 3 N–H and O–H groups in total. The highest BCUT2D eigenvalue weighted by Crippen LogP contribution is 2.16. The molecule has 3 nitrogen and oxygen atoms in total. The van der Waals surface area contributed by atoms with Crippen molar-refractivity contribution in [3.05, 3.63) is 0 Å². The van der Waals surface area contributed by atoms with Gasteiger partial charge in [-0.1, -0.05) is 6.92 Å². The Labute approximate surface area is 74.5 Å². The van der Waals surface area contributed by atoms with Crippen LogP contribution in [0, 0.1) is 5.92 Å². The fourth-order valence-corrected chi connectivity index (χ4v) is 1.74. The van der Waals surface area contributed by atoms with Gasteiger partial charge in [0.05, 0.1) is 6.10 Å². The van der Waals surface area contributed by atoms with E-state index in [4.69, 9.17) is 5.73 Å². The Bertz CT molecular complexity index is 128. The number of piperidine rings is 1. The van der Waals surface area contributed by atoms with Gasteiger partial charge in [0.1, 0.15) is 0 Å². The molecule has 0 bridgehead atoms. The maximum absolute atomic E-state index is 9.47. The Morgan fingerprint density at radius 2 is 2.33 bits per heavy atom. The van der Waals surface area contributed by atoms with E-state index < -0.39 is 0 Å². The first-order chi connectivity index (χ1) is 5.74. The topological polar surface area (TPSA) is 49.5 Å². The van der Waals surface area contributed by atoms with E-state index in [0.29, 0.717) is 5.92 Å². The summed E-state index contributed by atoms with van der Waals surface area (Å²) in [5, 5.41) is 9.47. The minimum atomic E-state index is -0.0841. The molecule has 0 amide bonds. The molecular formula is C9H20N2O. The quantitative estimate of drug-likeness (QED) is 0.632. The minimum Gasteiger partial charge on any atom is -0.393 e. The van der Waals surface area contributed by atoms with E-state index in [9.17, 15) is 5.11 Å². The first-order valence-electron chi connectivity index (χ1n) is 4.84. The molecule has 2 atom stereocenters. The number of aliphatic hydroxyl groups excluding tert-OH is 1. The van der Waals surface area contributed by atoms with Crippen LogP contribution < -0.4 is 5.73 Å². The van der Waals surface area contributed by atoms with Crippen LogP contribution in [0.15, 0.2) is 0 Å². The lowest BCUT2D eigenvalue weighted by Crippen LogP contribution is -2.42. The molecule has 0 spiro atoms. The van der Waals surface area contributed by atoms with Crippen LogP contribution >= 0.6 is 0 Å². The van der Waals surface area contributed by atoms with E-state index >= 15 is 0 Å². The second-order valence-corrected chi connectivity index (χ2v) is 3.78. The molecule has 0 aliphatic carbocycles. The van der Waals surface area contributed by atoms with Gasteiger partial charge in [-0.15, -0.1) is 0 Å². The molecule has 0 unspecified atom stereocenters. The molecule has 1 rings (SSSR count). The second-order valence-electron chi connectivity index (χ2n) is 3.78. The fraction of sp³-hybridized carbons (Fsp3) is 1.00. The maximum atomic E-state index is 9.47. The van der Waals surface area contributed by atoms with Gasteiger partial charge in [0, 0.05) is 13.1 Å². The summed E-state index contributed by atoms with van der Waals surface area (Å²) < 4.78 is 0. The highest BCUT2D eigenvalue weighted by atomic mass is 16.3. The Kier molecular flexibility index (Phi) is 3.98. The maximum Gasteiger partial charge on any atom is 0.0590 e. The van der Waals surface area contributed by atoms with Crippen molar-refractivity contribution in [2.24, 2.45) is 11.7 Å². The smallest absolute Gasteiger partial charge is 0.0590 e. The van der Waals surface area contributed by atoms with Crippen molar-refractivity contribution in [3.63, 3.8) is 0 Å². The van der Waals surface area contributed by atoms with Gasteiger partial charge in [-0.2, -0.15) is 0 Å². The van der Waals surface area contributed by atoms with Crippen LogP contribution in [0.3, 0.4) is 0 Å². The van der Waals surface area contributed by atoms with E-state index in [2.05, 4.69) is 11.8 Å². The third-order valence-corrected chi connectivity index (χ3v) is 2.62. The lowest BCUT2D eigenvalue weighted by atomic mass is 9.97. The highest BCUT2D eigenvalue weighted by Gasteiger charge is 2.23. The first-order valence-corrected chi connectivity index (χ1v) is 4.84. The molecule has 0 saturated carbocycles. The third-order valence-electron chi connectivity index (χ3n) is 2.62. The van der Waals surface area contributed by atoms with Crippen molar-refractivity contribution in [3.8, 4) is 0 Å². The van der Waals surface area contributed by atoms with E-state index in [-0.39, 0.29) is 6.10 Å². The fourth-order valence-electron chi connectivity index (χ4n) is 1.74. The predicted molar refractivity (Wildman–Crippen MR) is 49.9 cm³/mol. The van der Waals surface area contributed by atoms with Crippen molar-refractivity contribution in [1.82, 2.24) is 4.90 Å². The molecule has 1 aliphatic heterocycles. The summed E-state index contributed by atoms with van der Waals surface area (Å²) in [6.45, 7) is 6.03. The van der Waals surface area contributed by atoms with Gasteiger partial charge in [-0.05, 0) is 31.8 Å². The lowest BCUT2D eigenvalue weighted by molar-refractivity contribution is 0.0350. The van der Waals surface area contributed by atoms with Gasteiger partial charge in [0.15, 0.2) is 0 Å². The molecule has 1 heterocycles. The molecule has 12 heavy (non-hydrogen) atoms. The third kappa shape index (κ3) is 2.73. The van der Waals surface area contributed by atoms with E-state index in [1.807, 2.05) is 0 Å². The molecule has 1 saturated heterocycles. The minimum absolute atomic E-state index is 0.0841. The normalized spacial score (nSPS) is 32.2. The van der Waals surface area contributed by atoms with Gasteiger partial charge in [0.25, 0.3) is 0 Å². The van der Waals surface area contributed by atoms with Gasteiger partial charge < -0.3 is 15.7 Å².